The molecule has 0 aromatic heterocycles. The molecule has 0 saturated heterocycles. The Morgan fingerprint density at radius 3 is 2.58 bits per heavy atom. The Morgan fingerprint density at radius 2 is 1.95 bits per heavy atom. The van der Waals surface area contributed by atoms with Crippen LogP contribution < -0.4 is 10.6 Å². The molecule has 0 aromatic rings. The third kappa shape index (κ3) is 9.28. The SMILES string of the molecule is CCN[C@H](C)CNC(=O)CCCC1CCCCC1.Cl. The second-order valence-electron chi connectivity index (χ2n) is 5.66. The molecule has 0 heterocycles. The smallest absolute Gasteiger partial charge is 0.220 e. The molecule has 1 rings (SSSR count). The highest BCUT2D eigenvalue weighted by atomic mass is 35.5. The lowest BCUT2D eigenvalue weighted by Crippen LogP contribution is -2.38. The van der Waals surface area contributed by atoms with Crippen molar-refractivity contribution in [3.63, 3.8) is 0 Å². The van der Waals surface area contributed by atoms with E-state index in [1.807, 2.05) is 0 Å². The van der Waals surface area contributed by atoms with Gasteiger partial charge < -0.3 is 10.6 Å². The van der Waals surface area contributed by atoms with Crippen LogP contribution in [-0.2, 0) is 4.79 Å². The Morgan fingerprint density at radius 1 is 1.26 bits per heavy atom. The molecule has 0 aliphatic heterocycles. The molecule has 1 aliphatic rings. The first-order chi connectivity index (χ1) is 8.72. The third-order valence-electron chi connectivity index (χ3n) is 3.90. The molecular weight excluding hydrogens is 260 g/mol. The Kier molecular flexibility index (Phi) is 11.4. The van der Waals surface area contributed by atoms with Crippen molar-refractivity contribution in [2.45, 2.75) is 71.3 Å². The number of hydrogen-bond donors (Lipinski definition) is 2. The summed E-state index contributed by atoms with van der Waals surface area (Å²) in [5.41, 5.74) is 0. The number of carbonyl (C=O) groups excluding carboxylic acids is 1. The quantitative estimate of drug-likeness (QED) is 0.720. The van der Waals surface area contributed by atoms with Gasteiger partial charge in [0.2, 0.25) is 5.91 Å². The maximum atomic E-state index is 11.7. The van der Waals surface area contributed by atoms with Gasteiger partial charge in [-0.2, -0.15) is 0 Å². The summed E-state index contributed by atoms with van der Waals surface area (Å²) in [6.45, 7) is 5.89. The Balaban J connectivity index is 0.00000324. The second kappa shape index (κ2) is 11.5. The van der Waals surface area contributed by atoms with E-state index in [0.717, 1.165) is 25.4 Å². The van der Waals surface area contributed by atoms with Crippen molar-refractivity contribution in [1.29, 1.82) is 0 Å². The van der Waals surface area contributed by atoms with Crippen molar-refractivity contribution >= 4 is 18.3 Å². The zero-order valence-corrected chi connectivity index (χ0v) is 13.4. The Bertz CT molecular complexity index is 230. The van der Waals surface area contributed by atoms with Crippen LogP contribution in [0.25, 0.3) is 0 Å². The number of likely N-dealkylation sites (N-methyl/N-ethyl adjacent to an activating group) is 1. The zero-order chi connectivity index (χ0) is 13.2. The summed E-state index contributed by atoms with van der Waals surface area (Å²) < 4.78 is 0. The average molecular weight is 291 g/mol. The van der Waals surface area contributed by atoms with Gasteiger partial charge in [-0.25, -0.2) is 0 Å². The van der Waals surface area contributed by atoms with Crippen LogP contribution in [0.2, 0.25) is 0 Å². The Labute approximate surface area is 124 Å². The minimum Gasteiger partial charge on any atom is -0.355 e. The van der Waals surface area contributed by atoms with Crippen molar-refractivity contribution < 1.29 is 4.79 Å². The molecule has 19 heavy (non-hydrogen) atoms. The van der Waals surface area contributed by atoms with Crippen molar-refractivity contribution in [2.75, 3.05) is 13.1 Å². The van der Waals surface area contributed by atoms with Gasteiger partial charge in [0.05, 0.1) is 0 Å². The van der Waals surface area contributed by atoms with Crippen LogP contribution >= 0.6 is 12.4 Å². The summed E-state index contributed by atoms with van der Waals surface area (Å²) in [6, 6.07) is 0.372. The van der Waals surface area contributed by atoms with Crippen LogP contribution in [0.4, 0.5) is 0 Å². The van der Waals surface area contributed by atoms with E-state index >= 15 is 0 Å². The first-order valence-electron chi connectivity index (χ1n) is 7.72. The van der Waals surface area contributed by atoms with E-state index in [0.29, 0.717) is 12.5 Å². The molecule has 1 atom stereocenters. The minimum absolute atomic E-state index is 0. The molecule has 0 bridgehead atoms. The van der Waals surface area contributed by atoms with E-state index < -0.39 is 0 Å². The summed E-state index contributed by atoms with van der Waals surface area (Å²) in [6.07, 6.45) is 10.0. The maximum absolute atomic E-state index is 11.7. The predicted molar refractivity (Wildman–Crippen MR) is 83.8 cm³/mol. The lowest BCUT2D eigenvalue weighted by Gasteiger charge is -2.21. The number of hydrogen-bond acceptors (Lipinski definition) is 2. The van der Waals surface area contributed by atoms with Gasteiger partial charge in [0, 0.05) is 19.0 Å². The van der Waals surface area contributed by atoms with E-state index in [1.165, 1.54) is 38.5 Å². The first kappa shape index (κ1) is 18.7. The molecule has 4 heteroatoms. The summed E-state index contributed by atoms with van der Waals surface area (Å²) in [5, 5.41) is 6.30. The maximum Gasteiger partial charge on any atom is 0.220 e. The monoisotopic (exact) mass is 290 g/mol. The van der Waals surface area contributed by atoms with Gasteiger partial charge in [-0.05, 0) is 32.2 Å². The van der Waals surface area contributed by atoms with Crippen molar-refractivity contribution in [1.82, 2.24) is 10.6 Å². The fourth-order valence-corrected chi connectivity index (χ4v) is 2.80. The molecule has 0 spiro atoms. The van der Waals surface area contributed by atoms with Gasteiger partial charge >= 0.3 is 0 Å². The molecule has 1 aliphatic carbocycles. The molecule has 1 fully saturated rings. The molecule has 0 unspecified atom stereocenters. The molecule has 114 valence electrons. The summed E-state index contributed by atoms with van der Waals surface area (Å²) in [5.74, 6) is 1.11. The molecule has 1 saturated carbocycles. The van der Waals surface area contributed by atoms with Crippen LogP contribution in [0.5, 0.6) is 0 Å². The van der Waals surface area contributed by atoms with E-state index in [-0.39, 0.29) is 18.3 Å². The third-order valence-corrected chi connectivity index (χ3v) is 3.90. The molecule has 2 N–H and O–H groups in total. The van der Waals surface area contributed by atoms with Gasteiger partial charge in [-0.15, -0.1) is 12.4 Å². The van der Waals surface area contributed by atoms with Gasteiger partial charge in [0.1, 0.15) is 0 Å². The lowest BCUT2D eigenvalue weighted by molar-refractivity contribution is -0.121. The fourth-order valence-electron chi connectivity index (χ4n) is 2.80. The normalized spacial score (nSPS) is 17.6. The largest absolute Gasteiger partial charge is 0.355 e. The molecule has 3 nitrogen and oxygen atoms in total. The molecule has 0 radical (unpaired) electrons. The zero-order valence-electron chi connectivity index (χ0n) is 12.5. The lowest BCUT2D eigenvalue weighted by atomic mass is 9.86. The number of rotatable bonds is 8. The molecule has 0 aromatic carbocycles. The summed E-state index contributed by atoms with van der Waals surface area (Å²) >= 11 is 0. The first-order valence-corrected chi connectivity index (χ1v) is 7.72. The van der Waals surface area contributed by atoms with Crippen LogP contribution in [0.15, 0.2) is 0 Å². The number of halogens is 1. The fraction of sp³-hybridized carbons (Fsp3) is 0.933. The standard InChI is InChI=1S/C15H30N2O.ClH/c1-3-16-13(2)12-17-15(18)11-7-10-14-8-5-4-6-9-14;/h13-14,16H,3-12H2,1-2H3,(H,17,18);1H/t13-;/m1./s1. The van der Waals surface area contributed by atoms with Crippen LogP contribution in [0, 0.1) is 5.92 Å². The van der Waals surface area contributed by atoms with Crippen LogP contribution in [0.1, 0.15) is 65.2 Å². The molecule has 1 amide bonds. The van der Waals surface area contributed by atoms with Gasteiger partial charge in [-0.1, -0.05) is 39.0 Å². The van der Waals surface area contributed by atoms with E-state index in [1.54, 1.807) is 0 Å². The second-order valence-corrected chi connectivity index (χ2v) is 5.66. The van der Waals surface area contributed by atoms with E-state index in [9.17, 15) is 4.79 Å². The summed E-state index contributed by atoms with van der Waals surface area (Å²) in [7, 11) is 0. The topological polar surface area (TPSA) is 41.1 Å². The van der Waals surface area contributed by atoms with Gasteiger partial charge in [0.15, 0.2) is 0 Å². The predicted octanol–water partition coefficient (Wildman–Crippen LogP) is 3.27. The van der Waals surface area contributed by atoms with E-state index in [2.05, 4.69) is 24.5 Å². The number of carbonyl (C=O) groups is 1. The number of amides is 1. The highest BCUT2D eigenvalue weighted by Gasteiger charge is 2.13. The Hall–Kier alpha value is -0.280. The van der Waals surface area contributed by atoms with Gasteiger partial charge in [-0.3, -0.25) is 4.79 Å². The van der Waals surface area contributed by atoms with Crippen LogP contribution in [-0.4, -0.2) is 25.0 Å². The van der Waals surface area contributed by atoms with Crippen molar-refractivity contribution in [3.05, 3.63) is 0 Å². The van der Waals surface area contributed by atoms with Crippen LogP contribution in [0.3, 0.4) is 0 Å². The average Bonchev–Trinajstić information content (AvgIpc) is 2.38. The van der Waals surface area contributed by atoms with Gasteiger partial charge in [0.25, 0.3) is 0 Å². The molecular formula is C15H31ClN2O. The van der Waals surface area contributed by atoms with Crippen molar-refractivity contribution in [3.8, 4) is 0 Å². The highest BCUT2D eigenvalue weighted by Crippen LogP contribution is 2.27. The van der Waals surface area contributed by atoms with E-state index in [4.69, 9.17) is 0 Å². The summed E-state index contributed by atoms with van der Waals surface area (Å²) in [4.78, 5) is 11.7. The number of nitrogens with one attached hydrogen (secondary N) is 2. The highest BCUT2D eigenvalue weighted by molar-refractivity contribution is 5.85. The minimum atomic E-state index is 0. The van der Waals surface area contributed by atoms with Crippen molar-refractivity contribution in [2.24, 2.45) is 5.92 Å².